The number of rotatable bonds is 5. The van der Waals surface area contributed by atoms with Crippen molar-refractivity contribution in [1.82, 2.24) is 4.90 Å². The van der Waals surface area contributed by atoms with Crippen LogP contribution in [0.5, 0.6) is 0 Å². The van der Waals surface area contributed by atoms with Crippen LogP contribution in [0.4, 0.5) is 5.69 Å². The summed E-state index contributed by atoms with van der Waals surface area (Å²) < 4.78 is 0. The van der Waals surface area contributed by atoms with Crippen LogP contribution in [0.25, 0.3) is 0 Å². The second kappa shape index (κ2) is 9.61. The smallest absolute Gasteiger partial charge is 0.193 e. The fourth-order valence-electron chi connectivity index (χ4n) is 3.82. The van der Waals surface area contributed by atoms with Gasteiger partial charge in [-0.15, -0.1) is 24.0 Å². The Morgan fingerprint density at radius 2 is 2.12 bits per heavy atom. The number of nitrogens with two attached hydrogens (primary N) is 1. The van der Waals surface area contributed by atoms with Gasteiger partial charge >= 0.3 is 0 Å². The zero-order chi connectivity index (χ0) is 16.1. The lowest BCUT2D eigenvalue weighted by molar-refractivity contribution is 0.183. The number of piperidine rings is 1. The summed E-state index contributed by atoms with van der Waals surface area (Å²) >= 11 is 0. The Labute approximate surface area is 163 Å². The maximum atomic E-state index is 6.02. The van der Waals surface area contributed by atoms with Crippen LogP contribution in [-0.4, -0.2) is 37.0 Å². The van der Waals surface area contributed by atoms with Crippen molar-refractivity contribution < 1.29 is 0 Å². The van der Waals surface area contributed by atoms with Crippen molar-refractivity contribution in [2.24, 2.45) is 16.6 Å². The summed E-state index contributed by atoms with van der Waals surface area (Å²) in [5, 5.41) is 3.23. The molecule has 0 saturated carbocycles. The molecule has 5 heteroatoms. The van der Waals surface area contributed by atoms with Gasteiger partial charge in [-0.05, 0) is 80.8 Å². The molecule has 1 aromatic rings. The Balaban J connectivity index is 0.00000208. The van der Waals surface area contributed by atoms with Gasteiger partial charge in [0.1, 0.15) is 0 Å². The number of guanidine groups is 1. The van der Waals surface area contributed by atoms with Crippen molar-refractivity contribution in [3.63, 3.8) is 0 Å². The van der Waals surface area contributed by atoms with E-state index in [1.807, 2.05) is 0 Å². The first kappa shape index (κ1) is 19.5. The van der Waals surface area contributed by atoms with Crippen LogP contribution in [-0.2, 0) is 12.8 Å². The summed E-state index contributed by atoms with van der Waals surface area (Å²) in [6, 6.07) is 6.55. The first-order chi connectivity index (χ1) is 11.2. The average Bonchev–Trinajstić information content (AvgIpc) is 2.99. The molecule has 0 bridgehead atoms. The zero-order valence-electron chi connectivity index (χ0n) is 14.8. The number of nitrogens with zero attached hydrogens (tertiary/aromatic N) is 2. The molecule has 1 aliphatic heterocycles. The third-order valence-corrected chi connectivity index (χ3v) is 5.03. The molecule has 3 N–H and O–H groups in total. The second-order valence-electron chi connectivity index (χ2n) is 7.13. The number of benzene rings is 1. The van der Waals surface area contributed by atoms with Crippen LogP contribution in [0.15, 0.2) is 23.2 Å². The maximum Gasteiger partial charge on any atom is 0.193 e. The van der Waals surface area contributed by atoms with E-state index >= 15 is 0 Å². The van der Waals surface area contributed by atoms with E-state index in [1.165, 1.54) is 56.3 Å². The van der Waals surface area contributed by atoms with E-state index in [1.54, 1.807) is 0 Å². The maximum absolute atomic E-state index is 6.02. The molecule has 1 fully saturated rings. The SMILES string of the molecule is CC1CCCN(CCCN=C(N)Nc2ccc3c(c2)CCC3)C1.I. The van der Waals surface area contributed by atoms with E-state index in [0.29, 0.717) is 5.96 Å². The fourth-order valence-corrected chi connectivity index (χ4v) is 3.82. The Kier molecular flexibility index (Phi) is 7.81. The molecule has 0 radical (unpaired) electrons. The summed E-state index contributed by atoms with van der Waals surface area (Å²) in [5.41, 5.74) is 10.0. The van der Waals surface area contributed by atoms with Gasteiger partial charge in [0, 0.05) is 18.8 Å². The van der Waals surface area contributed by atoms with Crippen molar-refractivity contribution in [1.29, 1.82) is 0 Å². The third kappa shape index (κ3) is 5.62. The molecule has 3 rings (SSSR count). The molecule has 134 valence electrons. The van der Waals surface area contributed by atoms with E-state index in [4.69, 9.17) is 5.73 Å². The van der Waals surface area contributed by atoms with Crippen molar-refractivity contribution in [3.8, 4) is 0 Å². The number of anilines is 1. The lowest BCUT2D eigenvalue weighted by atomic mass is 10.0. The standard InChI is InChI=1S/C19H30N4.HI/c1-15-5-3-11-23(14-15)12-4-10-21-19(20)22-18-9-8-16-6-2-7-17(16)13-18;/h8-9,13,15H,2-7,10-12,14H2,1H3,(H3,20,21,22);1H. The highest BCUT2D eigenvalue weighted by molar-refractivity contribution is 14.0. The van der Waals surface area contributed by atoms with Gasteiger partial charge in [-0.25, -0.2) is 0 Å². The first-order valence-corrected chi connectivity index (χ1v) is 9.12. The Morgan fingerprint density at radius 3 is 2.96 bits per heavy atom. The van der Waals surface area contributed by atoms with Gasteiger partial charge in [0.2, 0.25) is 0 Å². The van der Waals surface area contributed by atoms with Gasteiger partial charge in [-0.2, -0.15) is 0 Å². The highest BCUT2D eigenvalue weighted by Crippen LogP contribution is 2.24. The van der Waals surface area contributed by atoms with Crippen LogP contribution < -0.4 is 11.1 Å². The van der Waals surface area contributed by atoms with Gasteiger partial charge < -0.3 is 16.0 Å². The number of aliphatic imine (C=N–C) groups is 1. The number of hydrogen-bond acceptors (Lipinski definition) is 2. The molecule has 1 aromatic carbocycles. The highest BCUT2D eigenvalue weighted by atomic mass is 127. The quantitative estimate of drug-likeness (QED) is 0.317. The van der Waals surface area contributed by atoms with Gasteiger partial charge in [0.25, 0.3) is 0 Å². The van der Waals surface area contributed by atoms with Crippen LogP contribution in [0.2, 0.25) is 0 Å². The lowest BCUT2D eigenvalue weighted by Gasteiger charge is -2.30. The van der Waals surface area contributed by atoms with E-state index in [2.05, 4.69) is 40.3 Å². The minimum Gasteiger partial charge on any atom is -0.370 e. The summed E-state index contributed by atoms with van der Waals surface area (Å²) in [4.78, 5) is 7.04. The molecule has 4 nitrogen and oxygen atoms in total. The Bertz CT molecular complexity index is 558. The Hall–Kier alpha value is -0.820. The molecule has 1 unspecified atom stereocenters. The average molecular weight is 442 g/mol. The zero-order valence-corrected chi connectivity index (χ0v) is 17.1. The number of fused-ring (bicyclic) bond motifs is 1. The number of halogens is 1. The highest BCUT2D eigenvalue weighted by Gasteiger charge is 2.15. The van der Waals surface area contributed by atoms with Gasteiger partial charge in [-0.3, -0.25) is 4.99 Å². The molecule has 0 aromatic heterocycles. The summed E-state index contributed by atoms with van der Waals surface area (Å²) in [7, 11) is 0. The van der Waals surface area contributed by atoms with E-state index in [-0.39, 0.29) is 24.0 Å². The third-order valence-electron chi connectivity index (χ3n) is 5.03. The van der Waals surface area contributed by atoms with Crippen LogP contribution in [0.1, 0.15) is 43.7 Å². The number of nitrogens with one attached hydrogen (secondary N) is 1. The number of likely N-dealkylation sites (tertiary alicyclic amines) is 1. The normalized spacial score (nSPS) is 21.2. The van der Waals surface area contributed by atoms with Gasteiger partial charge in [0.05, 0.1) is 0 Å². The molecule has 0 spiro atoms. The molecule has 24 heavy (non-hydrogen) atoms. The van der Waals surface area contributed by atoms with Crippen LogP contribution in [0.3, 0.4) is 0 Å². The second-order valence-corrected chi connectivity index (χ2v) is 7.13. The molecule has 0 amide bonds. The molecule has 1 aliphatic carbocycles. The van der Waals surface area contributed by atoms with Gasteiger partial charge in [0.15, 0.2) is 5.96 Å². The van der Waals surface area contributed by atoms with Crippen molar-refractivity contribution in [3.05, 3.63) is 29.3 Å². The van der Waals surface area contributed by atoms with Crippen LogP contribution >= 0.6 is 24.0 Å². The van der Waals surface area contributed by atoms with E-state index in [9.17, 15) is 0 Å². The minimum atomic E-state index is 0. The number of hydrogen-bond donors (Lipinski definition) is 2. The molecule has 1 heterocycles. The molecular formula is C19H31IN4. The van der Waals surface area contributed by atoms with E-state index in [0.717, 1.165) is 31.1 Å². The predicted octanol–water partition coefficient (Wildman–Crippen LogP) is 3.64. The molecule has 1 atom stereocenters. The molecule has 2 aliphatic rings. The minimum absolute atomic E-state index is 0. The summed E-state index contributed by atoms with van der Waals surface area (Å²) in [5.74, 6) is 1.38. The molecule has 1 saturated heterocycles. The summed E-state index contributed by atoms with van der Waals surface area (Å²) in [6.45, 7) is 6.78. The topological polar surface area (TPSA) is 53.6 Å². The number of aryl methyl sites for hydroxylation is 2. The fraction of sp³-hybridized carbons (Fsp3) is 0.632. The lowest BCUT2D eigenvalue weighted by Crippen LogP contribution is -2.35. The monoisotopic (exact) mass is 442 g/mol. The van der Waals surface area contributed by atoms with Gasteiger partial charge in [-0.1, -0.05) is 13.0 Å². The Morgan fingerprint density at radius 1 is 1.29 bits per heavy atom. The molecular weight excluding hydrogens is 411 g/mol. The largest absolute Gasteiger partial charge is 0.370 e. The predicted molar refractivity (Wildman–Crippen MR) is 113 cm³/mol. The van der Waals surface area contributed by atoms with Crippen molar-refractivity contribution >= 4 is 35.6 Å². The summed E-state index contributed by atoms with van der Waals surface area (Å²) in [6.07, 6.45) is 7.49. The van der Waals surface area contributed by atoms with Crippen molar-refractivity contribution in [2.75, 3.05) is 31.5 Å². The van der Waals surface area contributed by atoms with Crippen LogP contribution in [0, 0.1) is 5.92 Å². The first-order valence-electron chi connectivity index (χ1n) is 9.12. The van der Waals surface area contributed by atoms with Crippen molar-refractivity contribution in [2.45, 2.75) is 45.4 Å². The van der Waals surface area contributed by atoms with E-state index < -0.39 is 0 Å².